The third kappa shape index (κ3) is 2.92. The van der Waals surface area contributed by atoms with Crippen molar-refractivity contribution in [2.75, 3.05) is 11.9 Å². The second-order valence-electron chi connectivity index (χ2n) is 5.82. The molecule has 1 aromatic carbocycles. The number of amides is 3. The minimum Gasteiger partial charge on any atom is -0.325 e. The Kier molecular flexibility index (Phi) is 4.29. The zero-order valence-electron chi connectivity index (χ0n) is 12.0. The van der Waals surface area contributed by atoms with Crippen molar-refractivity contribution in [3.05, 3.63) is 28.7 Å². The highest BCUT2D eigenvalue weighted by Crippen LogP contribution is 2.37. The Bertz CT molecular complexity index is 590. The standard InChI is InChI=1S/C16H17BrN2O3/c17-10-5-7-11(8-6-10)18-14(20)9-19-15(21)12-3-1-2-4-13(12)16(19)22/h5-8,12-13H,1-4,9H2,(H,18,20)/t12-,13-/m1/s1. The van der Waals surface area contributed by atoms with Gasteiger partial charge in [0.15, 0.2) is 0 Å². The van der Waals surface area contributed by atoms with Crippen LogP contribution in [0, 0.1) is 11.8 Å². The third-order valence-electron chi connectivity index (χ3n) is 4.36. The van der Waals surface area contributed by atoms with E-state index >= 15 is 0 Å². The Morgan fingerprint density at radius 1 is 1.09 bits per heavy atom. The van der Waals surface area contributed by atoms with Crippen LogP contribution in [-0.2, 0) is 14.4 Å². The molecule has 1 aromatic rings. The van der Waals surface area contributed by atoms with Crippen LogP contribution in [0.2, 0.25) is 0 Å². The van der Waals surface area contributed by atoms with Gasteiger partial charge in [0.05, 0.1) is 11.8 Å². The molecule has 0 aromatic heterocycles. The number of benzene rings is 1. The lowest BCUT2D eigenvalue weighted by atomic mass is 9.81. The van der Waals surface area contributed by atoms with Crippen LogP contribution in [-0.4, -0.2) is 29.2 Å². The summed E-state index contributed by atoms with van der Waals surface area (Å²) in [4.78, 5) is 37.8. The second-order valence-corrected chi connectivity index (χ2v) is 6.73. The summed E-state index contributed by atoms with van der Waals surface area (Å²) in [6.45, 7) is -0.194. The zero-order chi connectivity index (χ0) is 15.7. The monoisotopic (exact) mass is 364 g/mol. The molecule has 1 saturated heterocycles. The molecular formula is C16H17BrN2O3. The highest BCUT2D eigenvalue weighted by molar-refractivity contribution is 9.10. The summed E-state index contributed by atoms with van der Waals surface area (Å²) in [5, 5.41) is 2.71. The minimum absolute atomic E-state index is 0.180. The largest absolute Gasteiger partial charge is 0.325 e. The van der Waals surface area contributed by atoms with Gasteiger partial charge in [0, 0.05) is 10.2 Å². The number of nitrogens with zero attached hydrogens (tertiary/aromatic N) is 1. The Labute approximate surface area is 137 Å². The van der Waals surface area contributed by atoms with Crippen LogP contribution in [0.15, 0.2) is 28.7 Å². The van der Waals surface area contributed by atoms with Crippen molar-refractivity contribution in [1.29, 1.82) is 0 Å². The van der Waals surface area contributed by atoms with Gasteiger partial charge in [0.25, 0.3) is 0 Å². The number of carbonyl (C=O) groups excluding carboxylic acids is 3. The predicted octanol–water partition coefficient (Wildman–Crippen LogP) is 2.56. The summed E-state index contributed by atoms with van der Waals surface area (Å²) < 4.78 is 0.916. The summed E-state index contributed by atoms with van der Waals surface area (Å²) in [5.41, 5.74) is 0.643. The number of anilines is 1. The van der Waals surface area contributed by atoms with Crippen LogP contribution < -0.4 is 5.32 Å². The lowest BCUT2D eigenvalue weighted by Crippen LogP contribution is -2.38. The van der Waals surface area contributed by atoms with Crippen LogP contribution in [0.25, 0.3) is 0 Å². The lowest BCUT2D eigenvalue weighted by Gasteiger charge is -2.19. The minimum atomic E-state index is -0.345. The number of hydrogen-bond acceptors (Lipinski definition) is 3. The summed E-state index contributed by atoms with van der Waals surface area (Å²) in [5.74, 6) is -1.12. The maximum Gasteiger partial charge on any atom is 0.244 e. The van der Waals surface area contributed by atoms with Gasteiger partial charge in [-0.1, -0.05) is 28.8 Å². The summed E-state index contributed by atoms with van der Waals surface area (Å²) in [6.07, 6.45) is 3.50. The van der Waals surface area contributed by atoms with E-state index in [0.29, 0.717) is 5.69 Å². The number of hydrogen-bond donors (Lipinski definition) is 1. The van der Waals surface area contributed by atoms with E-state index in [0.717, 1.165) is 35.1 Å². The highest BCUT2D eigenvalue weighted by Gasteiger charge is 2.48. The average molecular weight is 365 g/mol. The molecule has 0 radical (unpaired) electrons. The van der Waals surface area contributed by atoms with E-state index in [1.807, 2.05) is 12.1 Å². The van der Waals surface area contributed by atoms with E-state index in [4.69, 9.17) is 0 Å². The van der Waals surface area contributed by atoms with E-state index in [-0.39, 0.29) is 36.1 Å². The molecular weight excluding hydrogens is 348 g/mol. The number of rotatable bonds is 3. The quantitative estimate of drug-likeness (QED) is 0.838. The van der Waals surface area contributed by atoms with Gasteiger partial charge in [-0.2, -0.15) is 0 Å². The Balaban J connectivity index is 1.64. The normalized spacial score (nSPS) is 24.3. The van der Waals surface area contributed by atoms with E-state index in [1.165, 1.54) is 0 Å². The second kappa shape index (κ2) is 6.20. The molecule has 22 heavy (non-hydrogen) atoms. The molecule has 2 aliphatic rings. The van der Waals surface area contributed by atoms with Crippen molar-refractivity contribution in [2.45, 2.75) is 25.7 Å². The van der Waals surface area contributed by atoms with Crippen LogP contribution in [0.3, 0.4) is 0 Å². The van der Waals surface area contributed by atoms with Crippen molar-refractivity contribution in [1.82, 2.24) is 4.90 Å². The van der Waals surface area contributed by atoms with E-state index in [2.05, 4.69) is 21.2 Å². The predicted molar refractivity (Wildman–Crippen MR) is 84.9 cm³/mol. The van der Waals surface area contributed by atoms with Gasteiger partial charge in [0.1, 0.15) is 6.54 Å². The molecule has 1 N–H and O–H groups in total. The van der Waals surface area contributed by atoms with Crippen molar-refractivity contribution < 1.29 is 14.4 Å². The number of nitrogens with one attached hydrogen (secondary N) is 1. The number of fused-ring (bicyclic) bond motifs is 1. The van der Waals surface area contributed by atoms with Gasteiger partial charge in [-0.15, -0.1) is 0 Å². The molecule has 6 heteroatoms. The molecule has 0 spiro atoms. The Hall–Kier alpha value is -1.69. The molecule has 1 aliphatic carbocycles. The fourth-order valence-electron chi connectivity index (χ4n) is 3.26. The fraction of sp³-hybridized carbons (Fsp3) is 0.438. The molecule has 3 rings (SSSR count). The number of likely N-dealkylation sites (tertiary alicyclic amines) is 1. The van der Waals surface area contributed by atoms with Gasteiger partial charge in [-0.3, -0.25) is 19.3 Å². The SMILES string of the molecule is O=C(CN1C(=O)[C@@H]2CCCC[C@H]2C1=O)Nc1ccc(Br)cc1. The van der Waals surface area contributed by atoms with Gasteiger partial charge in [-0.25, -0.2) is 0 Å². The smallest absolute Gasteiger partial charge is 0.244 e. The Morgan fingerprint density at radius 2 is 1.64 bits per heavy atom. The molecule has 5 nitrogen and oxygen atoms in total. The number of halogens is 1. The van der Waals surface area contributed by atoms with Crippen LogP contribution in [0.4, 0.5) is 5.69 Å². The van der Waals surface area contributed by atoms with E-state index < -0.39 is 0 Å². The van der Waals surface area contributed by atoms with E-state index in [1.54, 1.807) is 12.1 Å². The molecule has 2 fully saturated rings. The molecule has 1 heterocycles. The van der Waals surface area contributed by atoms with Gasteiger partial charge >= 0.3 is 0 Å². The van der Waals surface area contributed by atoms with Gasteiger partial charge < -0.3 is 5.32 Å². The molecule has 3 amide bonds. The van der Waals surface area contributed by atoms with Gasteiger partial charge in [0.2, 0.25) is 17.7 Å². The van der Waals surface area contributed by atoms with Crippen molar-refractivity contribution in [2.24, 2.45) is 11.8 Å². The average Bonchev–Trinajstić information content (AvgIpc) is 2.75. The fourth-order valence-corrected chi connectivity index (χ4v) is 3.53. The molecule has 1 aliphatic heterocycles. The first kappa shape index (κ1) is 15.2. The highest BCUT2D eigenvalue weighted by atomic mass is 79.9. The van der Waals surface area contributed by atoms with Crippen molar-refractivity contribution in [3.63, 3.8) is 0 Å². The van der Waals surface area contributed by atoms with Crippen molar-refractivity contribution >= 4 is 39.3 Å². The molecule has 0 bridgehead atoms. The van der Waals surface area contributed by atoms with Crippen molar-refractivity contribution in [3.8, 4) is 0 Å². The van der Waals surface area contributed by atoms with E-state index in [9.17, 15) is 14.4 Å². The first-order valence-corrected chi connectivity index (χ1v) is 8.26. The maximum atomic E-state index is 12.3. The Morgan fingerprint density at radius 3 is 2.18 bits per heavy atom. The molecule has 116 valence electrons. The van der Waals surface area contributed by atoms with Gasteiger partial charge in [-0.05, 0) is 37.1 Å². The third-order valence-corrected chi connectivity index (χ3v) is 4.89. The number of imide groups is 1. The molecule has 1 saturated carbocycles. The van der Waals surface area contributed by atoms with Crippen LogP contribution in [0.5, 0.6) is 0 Å². The summed E-state index contributed by atoms with van der Waals surface area (Å²) >= 11 is 3.32. The zero-order valence-corrected chi connectivity index (χ0v) is 13.6. The lowest BCUT2D eigenvalue weighted by molar-refractivity contribution is -0.142. The van der Waals surface area contributed by atoms with Crippen LogP contribution in [0.1, 0.15) is 25.7 Å². The summed E-state index contributed by atoms with van der Waals surface area (Å²) in [7, 11) is 0. The topological polar surface area (TPSA) is 66.5 Å². The molecule has 2 atom stereocenters. The van der Waals surface area contributed by atoms with Crippen LogP contribution >= 0.6 is 15.9 Å². The maximum absolute atomic E-state index is 12.3. The molecule has 0 unspecified atom stereocenters. The first-order valence-electron chi connectivity index (χ1n) is 7.47. The summed E-state index contributed by atoms with van der Waals surface area (Å²) in [6, 6.07) is 7.15. The number of carbonyl (C=O) groups is 3. The first-order chi connectivity index (χ1) is 10.6.